The molecule has 0 aliphatic carbocycles. The maximum Gasteiger partial charge on any atom is 0.410 e. The summed E-state index contributed by atoms with van der Waals surface area (Å²) in [5.41, 5.74) is 0.576. The molecule has 134 valence electrons. The number of carbonyl (C=O) groups excluding carboxylic acids is 1. The predicted octanol–water partition coefficient (Wildman–Crippen LogP) is 2.98. The molecule has 0 bridgehead atoms. The fraction of sp³-hybridized carbons (Fsp3) is 0.611. The lowest BCUT2D eigenvalue weighted by Gasteiger charge is -2.35. The molecule has 1 heterocycles. The zero-order valence-electron chi connectivity index (χ0n) is 15.2. The van der Waals surface area contributed by atoms with E-state index in [1.165, 1.54) is 0 Å². The van der Waals surface area contributed by atoms with Gasteiger partial charge in [0.25, 0.3) is 0 Å². The Kier molecular flexibility index (Phi) is 5.94. The minimum Gasteiger partial charge on any atom is -0.493 e. The third-order valence-electron chi connectivity index (χ3n) is 3.72. The average Bonchev–Trinajstić information content (AvgIpc) is 2.53. The van der Waals surface area contributed by atoms with Crippen LogP contribution in [0.15, 0.2) is 18.2 Å². The van der Waals surface area contributed by atoms with Crippen LogP contribution in [0.4, 0.5) is 4.79 Å². The third kappa shape index (κ3) is 4.77. The van der Waals surface area contributed by atoms with Crippen LogP contribution in [-0.2, 0) is 4.74 Å². The number of hydrogen-bond donors (Lipinski definition) is 1. The summed E-state index contributed by atoms with van der Waals surface area (Å²) in [4.78, 5) is 14.0. The summed E-state index contributed by atoms with van der Waals surface area (Å²) < 4.78 is 16.4. The van der Waals surface area contributed by atoms with Crippen molar-refractivity contribution < 1.29 is 19.0 Å². The van der Waals surface area contributed by atoms with Crippen molar-refractivity contribution in [3.8, 4) is 11.5 Å². The minimum absolute atomic E-state index is 0.0383. The second kappa shape index (κ2) is 7.75. The predicted molar refractivity (Wildman–Crippen MR) is 92.7 cm³/mol. The van der Waals surface area contributed by atoms with E-state index >= 15 is 0 Å². The van der Waals surface area contributed by atoms with Crippen molar-refractivity contribution in [2.24, 2.45) is 0 Å². The number of hydrogen-bond acceptors (Lipinski definition) is 5. The fourth-order valence-corrected chi connectivity index (χ4v) is 2.64. The molecule has 1 saturated heterocycles. The van der Waals surface area contributed by atoms with E-state index in [2.05, 4.69) is 5.32 Å². The summed E-state index contributed by atoms with van der Waals surface area (Å²) in [5, 5.41) is 3.44. The van der Waals surface area contributed by atoms with Crippen LogP contribution < -0.4 is 14.8 Å². The highest BCUT2D eigenvalue weighted by Gasteiger charge is 2.28. The maximum absolute atomic E-state index is 12.3. The van der Waals surface area contributed by atoms with Gasteiger partial charge in [0.1, 0.15) is 5.60 Å². The number of amides is 1. The Morgan fingerprint density at radius 1 is 1.33 bits per heavy atom. The lowest BCUT2D eigenvalue weighted by Crippen LogP contribution is -2.49. The third-order valence-corrected chi connectivity index (χ3v) is 3.72. The van der Waals surface area contributed by atoms with E-state index in [1.807, 2.05) is 45.9 Å². The summed E-state index contributed by atoms with van der Waals surface area (Å²) in [7, 11) is 1.63. The first-order chi connectivity index (χ1) is 11.3. The molecule has 0 spiro atoms. The maximum atomic E-state index is 12.3. The van der Waals surface area contributed by atoms with Crippen LogP contribution in [0.1, 0.15) is 39.3 Å². The molecule has 1 unspecified atom stereocenters. The molecule has 1 aliphatic rings. The summed E-state index contributed by atoms with van der Waals surface area (Å²) in [6.07, 6.45) is -0.271. The normalized spacial score (nSPS) is 18.2. The van der Waals surface area contributed by atoms with Crippen molar-refractivity contribution in [3.63, 3.8) is 0 Å². The molecule has 0 aromatic heterocycles. The number of methoxy groups -OCH3 is 1. The van der Waals surface area contributed by atoms with Gasteiger partial charge in [-0.3, -0.25) is 0 Å². The smallest absolute Gasteiger partial charge is 0.410 e. The first-order valence-electron chi connectivity index (χ1n) is 8.36. The molecule has 1 amide bonds. The highest BCUT2D eigenvalue weighted by molar-refractivity contribution is 5.68. The van der Waals surface area contributed by atoms with Crippen LogP contribution in [-0.4, -0.2) is 49.9 Å². The number of nitrogens with zero attached hydrogens (tertiary/aromatic N) is 1. The molecule has 0 saturated carbocycles. The number of benzene rings is 1. The van der Waals surface area contributed by atoms with Crippen LogP contribution in [0, 0.1) is 0 Å². The molecule has 1 fully saturated rings. The second-order valence-corrected chi connectivity index (χ2v) is 6.78. The molecule has 24 heavy (non-hydrogen) atoms. The zero-order valence-corrected chi connectivity index (χ0v) is 15.2. The van der Waals surface area contributed by atoms with Gasteiger partial charge in [0, 0.05) is 19.6 Å². The van der Waals surface area contributed by atoms with Crippen molar-refractivity contribution >= 4 is 6.09 Å². The summed E-state index contributed by atoms with van der Waals surface area (Å²) in [6, 6.07) is 5.90. The SMILES string of the molecule is CCOc1cc(C2CN(C(=O)OC(C)(C)C)CCN2)ccc1OC. The first-order valence-corrected chi connectivity index (χ1v) is 8.36. The van der Waals surface area contributed by atoms with E-state index in [-0.39, 0.29) is 12.1 Å². The van der Waals surface area contributed by atoms with Crippen molar-refractivity contribution in [2.45, 2.75) is 39.3 Å². The van der Waals surface area contributed by atoms with Crippen LogP contribution in [0.25, 0.3) is 0 Å². The van der Waals surface area contributed by atoms with Crippen molar-refractivity contribution in [1.82, 2.24) is 10.2 Å². The highest BCUT2D eigenvalue weighted by Crippen LogP contribution is 2.31. The Balaban J connectivity index is 2.11. The molecule has 6 heteroatoms. The van der Waals surface area contributed by atoms with Crippen LogP contribution in [0.5, 0.6) is 11.5 Å². The molecule has 1 aromatic carbocycles. The topological polar surface area (TPSA) is 60.0 Å². The number of ether oxygens (including phenoxy) is 3. The Morgan fingerprint density at radius 3 is 2.71 bits per heavy atom. The van der Waals surface area contributed by atoms with E-state index in [4.69, 9.17) is 14.2 Å². The van der Waals surface area contributed by atoms with Gasteiger partial charge in [0.05, 0.1) is 19.8 Å². The van der Waals surface area contributed by atoms with E-state index in [1.54, 1.807) is 12.0 Å². The second-order valence-electron chi connectivity index (χ2n) is 6.78. The Bertz CT molecular complexity index is 569. The molecule has 6 nitrogen and oxygen atoms in total. The lowest BCUT2D eigenvalue weighted by molar-refractivity contribution is 0.0195. The monoisotopic (exact) mass is 336 g/mol. The first kappa shape index (κ1) is 18.4. The molecule has 1 aromatic rings. The quantitative estimate of drug-likeness (QED) is 0.916. The number of carbonyl (C=O) groups is 1. The average molecular weight is 336 g/mol. The number of rotatable bonds is 4. The molecular formula is C18H28N2O4. The molecular weight excluding hydrogens is 308 g/mol. The van der Waals surface area contributed by atoms with E-state index in [9.17, 15) is 4.79 Å². The van der Waals surface area contributed by atoms with E-state index < -0.39 is 5.60 Å². The Morgan fingerprint density at radius 2 is 2.08 bits per heavy atom. The summed E-state index contributed by atoms with van der Waals surface area (Å²) in [5.74, 6) is 1.43. The number of piperazine rings is 1. The van der Waals surface area contributed by atoms with Gasteiger partial charge in [-0.2, -0.15) is 0 Å². The minimum atomic E-state index is -0.486. The van der Waals surface area contributed by atoms with Gasteiger partial charge in [0.15, 0.2) is 11.5 Å². The van der Waals surface area contributed by atoms with Gasteiger partial charge >= 0.3 is 6.09 Å². The highest BCUT2D eigenvalue weighted by atomic mass is 16.6. The summed E-state index contributed by atoms with van der Waals surface area (Å²) >= 11 is 0. The standard InChI is InChI=1S/C18H28N2O4/c1-6-23-16-11-13(7-8-15(16)22-5)14-12-20(10-9-19-14)17(21)24-18(2,3)4/h7-8,11,14,19H,6,9-10,12H2,1-5H3. The van der Waals surface area contributed by atoms with Gasteiger partial charge in [-0.15, -0.1) is 0 Å². The molecule has 1 N–H and O–H groups in total. The zero-order chi connectivity index (χ0) is 17.7. The van der Waals surface area contributed by atoms with Gasteiger partial charge in [-0.1, -0.05) is 6.07 Å². The van der Waals surface area contributed by atoms with Crippen LogP contribution >= 0.6 is 0 Å². The van der Waals surface area contributed by atoms with E-state index in [0.29, 0.717) is 31.2 Å². The molecule has 0 radical (unpaired) electrons. The lowest BCUT2D eigenvalue weighted by atomic mass is 10.0. The Labute approximate surface area is 144 Å². The van der Waals surface area contributed by atoms with Gasteiger partial charge in [0.2, 0.25) is 0 Å². The van der Waals surface area contributed by atoms with Gasteiger partial charge in [-0.25, -0.2) is 4.79 Å². The van der Waals surface area contributed by atoms with Crippen molar-refractivity contribution in [1.29, 1.82) is 0 Å². The fourth-order valence-electron chi connectivity index (χ4n) is 2.64. The van der Waals surface area contributed by atoms with Crippen LogP contribution in [0.3, 0.4) is 0 Å². The number of nitrogens with one attached hydrogen (secondary N) is 1. The molecule has 2 rings (SSSR count). The van der Waals surface area contributed by atoms with E-state index in [0.717, 1.165) is 12.1 Å². The molecule has 1 aliphatic heterocycles. The van der Waals surface area contributed by atoms with Crippen molar-refractivity contribution in [3.05, 3.63) is 23.8 Å². The Hall–Kier alpha value is -1.95. The van der Waals surface area contributed by atoms with Crippen LogP contribution in [0.2, 0.25) is 0 Å². The summed E-state index contributed by atoms with van der Waals surface area (Å²) in [6.45, 7) is 10.1. The van der Waals surface area contributed by atoms with Gasteiger partial charge in [-0.05, 0) is 45.4 Å². The largest absolute Gasteiger partial charge is 0.493 e. The molecule has 1 atom stereocenters. The van der Waals surface area contributed by atoms with Gasteiger partial charge < -0.3 is 24.4 Å². The van der Waals surface area contributed by atoms with Crippen molar-refractivity contribution in [2.75, 3.05) is 33.4 Å².